The third-order valence-electron chi connectivity index (χ3n) is 9.29. The van der Waals surface area contributed by atoms with E-state index in [-0.39, 0.29) is 18.0 Å². The maximum atomic E-state index is 12.6. The molecule has 4 fully saturated rings. The van der Waals surface area contributed by atoms with Gasteiger partial charge in [-0.2, -0.15) is 0 Å². The number of fused-ring (bicyclic) bond motifs is 5. The van der Waals surface area contributed by atoms with Crippen molar-refractivity contribution in [3.8, 4) is 0 Å². The molecule has 0 radical (unpaired) electrons. The molecule has 0 aromatic rings. The Kier molecular flexibility index (Phi) is 5.62. The third kappa shape index (κ3) is 3.36. The minimum atomic E-state index is -0.498. The van der Waals surface area contributed by atoms with Crippen LogP contribution in [-0.4, -0.2) is 22.8 Å². The molecule has 8 atom stereocenters. The van der Waals surface area contributed by atoms with Crippen LogP contribution in [0.3, 0.4) is 0 Å². The van der Waals surface area contributed by atoms with Crippen molar-refractivity contribution in [2.24, 2.45) is 41.4 Å². The first kappa shape index (κ1) is 19.7. The fourth-order valence-corrected chi connectivity index (χ4v) is 8.04. The van der Waals surface area contributed by atoms with E-state index in [1.54, 1.807) is 0 Å². The fraction of sp³-hybridized carbons (Fsp3) is 0.958. The standard InChI is InChI=1S/C24H40O3/c1-4-15-11-16(5-2)23-19-13-17(22(15)23)12-18(19)20(25)14-21(26)27-24(6-3)9-7-8-10-24/h15-20,22-23,25H,4-14H2,1-3H3. The van der Waals surface area contributed by atoms with Gasteiger partial charge < -0.3 is 9.84 Å². The normalized spacial score (nSPS) is 43.0. The van der Waals surface area contributed by atoms with Crippen molar-refractivity contribution in [1.82, 2.24) is 0 Å². The number of carbonyl (C=O) groups excluding carboxylic acids is 1. The second-order valence-electron chi connectivity index (χ2n) is 10.3. The molecule has 0 spiro atoms. The Morgan fingerprint density at radius 2 is 1.70 bits per heavy atom. The monoisotopic (exact) mass is 376 g/mol. The van der Waals surface area contributed by atoms with Gasteiger partial charge in [-0.15, -0.1) is 0 Å². The summed E-state index contributed by atoms with van der Waals surface area (Å²) in [5, 5.41) is 11.0. The van der Waals surface area contributed by atoms with Crippen LogP contribution in [0.25, 0.3) is 0 Å². The van der Waals surface area contributed by atoms with E-state index in [2.05, 4.69) is 20.8 Å². The number of aliphatic hydroxyl groups excluding tert-OH is 1. The van der Waals surface area contributed by atoms with Gasteiger partial charge in [0.2, 0.25) is 0 Å². The maximum Gasteiger partial charge on any atom is 0.308 e. The summed E-state index contributed by atoms with van der Waals surface area (Å²) in [6.07, 6.45) is 11.4. The van der Waals surface area contributed by atoms with E-state index < -0.39 is 6.10 Å². The Hall–Kier alpha value is -0.570. The second-order valence-corrected chi connectivity index (χ2v) is 10.3. The van der Waals surface area contributed by atoms with Gasteiger partial charge in [0.25, 0.3) is 0 Å². The lowest BCUT2D eigenvalue weighted by Crippen LogP contribution is -2.38. The van der Waals surface area contributed by atoms with Gasteiger partial charge >= 0.3 is 5.97 Å². The van der Waals surface area contributed by atoms with Crippen LogP contribution in [0.5, 0.6) is 0 Å². The number of rotatable bonds is 7. The minimum absolute atomic E-state index is 0.157. The minimum Gasteiger partial charge on any atom is -0.459 e. The molecule has 154 valence electrons. The molecule has 0 amide bonds. The van der Waals surface area contributed by atoms with E-state index in [0.717, 1.165) is 68.1 Å². The first-order chi connectivity index (χ1) is 13.0. The third-order valence-corrected chi connectivity index (χ3v) is 9.29. The summed E-state index contributed by atoms with van der Waals surface area (Å²) in [6, 6.07) is 0. The van der Waals surface area contributed by atoms with Crippen LogP contribution < -0.4 is 0 Å². The zero-order chi connectivity index (χ0) is 19.2. The van der Waals surface area contributed by atoms with Crippen molar-refractivity contribution in [2.45, 2.75) is 103 Å². The fourth-order valence-electron chi connectivity index (χ4n) is 8.04. The molecule has 8 unspecified atom stereocenters. The molecule has 3 heteroatoms. The van der Waals surface area contributed by atoms with E-state index in [1.807, 2.05) is 0 Å². The zero-order valence-electron chi connectivity index (χ0n) is 17.7. The Labute approximate surface area is 165 Å². The Balaban J connectivity index is 1.38. The second kappa shape index (κ2) is 7.69. The molecule has 0 aromatic carbocycles. The highest BCUT2D eigenvalue weighted by Gasteiger charge is 2.60. The van der Waals surface area contributed by atoms with Gasteiger partial charge in [0.05, 0.1) is 12.5 Å². The van der Waals surface area contributed by atoms with Gasteiger partial charge in [0.1, 0.15) is 5.60 Å². The summed E-state index contributed by atoms with van der Waals surface area (Å²) >= 11 is 0. The van der Waals surface area contributed by atoms with Gasteiger partial charge in [0.15, 0.2) is 0 Å². The molecular formula is C24H40O3. The summed E-state index contributed by atoms with van der Waals surface area (Å²) in [4.78, 5) is 12.6. The lowest BCUT2D eigenvalue weighted by Gasteiger charge is -2.38. The van der Waals surface area contributed by atoms with E-state index in [9.17, 15) is 9.90 Å². The first-order valence-corrected chi connectivity index (χ1v) is 11.9. The van der Waals surface area contributed by atoms with Gasteiger partial charge in [-0.1, -0.05) is 33.6 Å². The quantitative estimate of drug-likeness (QED) is 0.609. The summed E-state index contributed by atoms with van der Waals surface area (Å²) < 4.78 is 5.92. The molecule has 27 heavy (non-hydrogen) atoms. The van der Waals surface area contributed by atoms with E-state index in [4.69, 9.17) is 4.74 Å². The van der Waals surface area contributed by atoms with Crippen LogP contribution in [0.4, 0.5) is 0 Å². The molecule has 0 aliphatic heterocycles. The molecular weight excluding hydrogens is 336 g/mol. The molecule has 3 nitrogen and oxygen atoms in total. The SMILES string of the molecule is CCC1CC(CC)C2C3CC(CC3C(O)CC(=O)OC3(CC)CCCC3)C12. The topological polar surface area (TPSA) is 46.5 Å². The summed E-state index contributed by atoms with van der Waals surface area (Å²) in [6.45, 7) is 6.83. The Morgan fingerprint density at radius 1 is 1.04 bits per heavy atom. The van der Waals surface area contributed by atoms with Gasteiger partial charge in [-0.25, -0.2) is 0 Å². The molecule has 0 saturated heterocycles. The van der Waals surface area contributed by atoms with Crippen LogP contribution in [0.15, 0.2) is 0 Å². The highest BCUT2D eigenvalue weighted by Crippen LogP contribution is 2.66. The van der Waals surface area contributed by atoms with Gasteiger partial charge in [-0.05, 0) is 92.8 Å². The van der Waals surface area contributed by atoms with Crippen molar-refractivity contribution >= 4 is 5.97 Å². The predicted molar refractivity (Wildman–Crippen MR) is 107 cm³/mol. The molecule has 0 heterocycles. The number of hydrogen-bond acceptors (Lipinski definition) is 3. The van der Waals surface area contributed by atoms with Crippen LogP contribution >= 0.6 is 0 Å². The molecule has 4 aliphatic carbocycles. The predicted octanol–water partition coefficient (Wildman–Crippen LogP) is 5.35. The van der Waals surface area contributed by atoms with Crippen LogP contribution in [0.2, 0.25) is 0 Å². The van der Waals surface area contributed by atoms with Crippen LogP contribution in [0, 0.1) is 41.4 Å². The highest BCUT2D eigenvalue weighted by atomic mass is 16.6. The van der Waals surface area contributed by atoms with Crippen LogP contribution in [0.1, 0.15) is 91.4 Å². The number of carbonyl (C=O) groups is 1. The lowest BCUT2D eigenvalue weighted by atomic mass is 9.69. The summed E-state index contributed by atoms with van der Waals surface area (Å²) in [5.74, 6) is 5.09. The lowest BCUT2D eigenvalue weighted by molar-refractivity contribution is -0.163. The number of aliphatic hydroxyl groups is 1. The number of ether oxygens (including phenoxy) is 1. The summed E-state index contributed by atoms with van der Waals surface area (Å²) in [7, 11) is 0. The van der Waals surface area contributed by atoms with E-state index in [0.29, 0.717) is 11.8 Å². The van der Waals surface area contributed by atoms with E-state index in [1.165, 1.54) is 25.7 Å². The van der Waals surface area contributed by atoms with Gasteiger partial charge in [0, 0.05) is 0 Å². The molecule has 1 N–H and O–H groups in total. The molecule has 4 saturated carbocycles. The average molecular weight is 377 g/mol. The number of esters is 1. The Bertz CT molecular complexity index is 538. The summed E-state index contributed by atoms with van der Waals surface area (Å²) in [5.41, 5.74) is -0.232. The number of hydrogen-bond donors (Lipinski definition) is 1. The maximum absolute atomic E-state index is 12.6. The van der Waals surface area contributed by atoms with Crippen molar-refractivity contribution in [3.05, 3.63) is 0 Å². The molecule has 4 rings (SSSR count). The van der Waals surface area contributed by atoms with Crippen molar-refractivity contribution in [2.75, 3.05) is 0 Å². The largest absolute Gasteiger partial charge is 0.459 e. The first-order valence-electron chi connectivity index (χ1n) is 11.9. The van der Waals surface area contributed by atoms with Crippen molar-refractivity contribution in [3.63, 3.8) is 0 Å². The Morgan fingerprint density at radius 3 is 2.33 bits per heavy atom. The van der Waals surface area contributed by atoms with Crippen molar-refractivity contribution in [1.29, 1.82) is 0 Å². The zero-order valence-corrected chi connectivity index (χ0v) is 17.7. The highest BCUT2D eigenvalue weighted by molar-refractivity contribution is 5.70. The van der Waals surface area contributed by atoms with Gasteiger partial charge in [-0.3, -0.25) is 4.79 Å². The molecule has 2 bridgehead atoms. The average Bonchev–Trinajstić information content (AvgIpc) is 3.42. The smallest absolute Gasteiger partial charge is 0.308 e. The molecule has 0 aromatic heterocycles. The van der Waals surface area contributed by atoms with Crippen molar-refractivity contribution < 1.29 is 14.6 Å². The van der Waals surface area contributed by atoms with E-state index >= 15 is 0 Å². The van der Waals surface area contributed by atoms with Crippen LogP contribution in [-0.2, 0) is 9.53 Å². The molecule has 4 aliphatic rings.